The standard InChI is InChI=1S/C15H19BrFNO4/c1-15(2,3)22-14(20)18-7-10(19)12(8-18)21-11-6-4-5-9(16)13(11)17/h4-6,10,12,19H,7-8H2,1-3H3/t10-,12-/m1/s1. The van der Waals surface area contributed by atoms with Crippen LogP contribution in [0.15, 0.2) is 22.7 Å². The molecule has 1 aromatic rings. The molecular weight excluding hydrogens is 357 g/mol. The first-order valence-electron chi connectivity index (χ1n) is 6.94. The van der Waals surface area contributed by atoms with Gasteiger partial charge in [0.1, 0.15) is 17.8 Å². The minimum Gasteiger partial charge on any atom is -0.483 e. The minimum atomic E-state index is -0.897. The summed E-state index contributed by atoms with van der Waals surface area (Å²) >= 11 is 3.08. The molecule has 0 unspecified atom stereocenters. The van der Waals surface area contributed by atoms with E-state index in [1.54, 1.807) is 32.9 Å². The number of benzene rings is 1. The fourth-order valence-electron chi connectivity index (χ4n) is 2.09. The second-order valence-corrected chi connectivity index (χ2v) is 7.02. The average Bonchev–Trinajstić information content (AvgIpc) is 2.75. The highest BCUT2D eigenvalue weighted by molar-refractivity contribution is 9.10. The van der Waals surface area contributed by atoms with Crippen LogP contribution in [0.1, 0.15) is 20.8 Å². The summed E-state index contributed by atoms with van der Waals surface area (Å²) in [5.74, 6) is -0.505. The number of carbonyl (C=O) groups is 1. The highest BCUT2D eigenvalue weighted by atomic mass is 79.9. The van der Waals surface area contributed by atoms with E-state index in [0.29, 0.717) is 0 Å². The van der Waals surface area contributed by atoms with Crippen molar-refractivity contribution in [3.8, 4) is 5.75 Å². The van der Waals surface area contributed by atoms with Gasteiger partial charge in [-0.25, -0.2) is 9.18 Å². The third-order valence-electron chi connectivity index (χ3n) is 3.08. The van der Waals surface area contributed by atoms with Crippen LogP contribution in [0.4, 0.5) is 9.18 Å². The predicted molar refractivity (Wildman–Crippen MR) is 82.3 cm³/mol. The van der Waals surface area contributed by atoms with Crippen LogP contribution >= 0.6 is 15.9 Å². The van der Waals surface area contributed by atoms with Crippen LogP contribution in [0, 0.1) is 5.82 Å². The molecule has 122 valence electrons. The number of aliphatic hydroxyl groups is 1. The van der Waals surface area contributed by atoms with E-state index in [4.69, 9.17) is 9.47 Å². The van der Waals surface area contributed by atoms with Crippen molar-refractivity contribution in [2.45, 2.75) is 38.6 Å². The van der Waals surface area contributed by atoms with Crippen LogP contribution in [0.3, 0.4) is 0 Å². The SMILES string of the molecule is CC(C)(C)OC(=O)N1C[C@@H](O)[C@H](Oc2cccc(Br)c2F)C1. The molecule has 0 bridgehead atoms. The zero-order valence-corrected chi connectivity index (χ0v) is 14.3. The Balaban J connectivity index is 2.02. The molecule has 2 rings (SSSR count). The molecule has 1 saturated heterocycles. The predicted octanol–water partition coefficient (Wildman–Crippen LogP) is 2.95. The van der Waals surface area contributed by atoms with Gasteiger partial charge >= 0.3 is 6.09 Å². The first-order valence-corrected chi connectivity index (χ1v) is 7.73. The maximum Gasteiger partial charge on any atom is 0.410 e. The average molecular weight is 376 g/mol. The van der Waals surface area contributed by atoms with E-state index in [1.807, 2.05) is 0 Å². The first kappa shape index (κ1) is 17.0. The van der Waals surface area contributed by atoms with Crippen LogP contribution < -0.4 is 4.74 Å². The third kappa shape index (κ3) is 4.10. The number of ether oxygens (including phenoxy) is 2. The number of β-amino-alcohol motifs (C(OH)–C–C–N with tert-alkyl or cyclic N) is 1. The Morgan fingerprint density at radius 1 is 1.41 bits per heavy atom. The Morgan fingerprint density at radius 2 is 2.09 bits per heavy atom. The second kappa shape index (κ2) is 6.42. The van der Waals surface area contributed by atoms with Gasteiger partial charge in [0, 0.05) is 0 Å². The maximum absolute atomic E-state index is 13.9. The second-order valence-electron chi connectivity index (χ2n) is 6.16. The van der Waals surface area contributed by atoms with E-state index in [2.05, 4.69) is 15.9 Å². The van der Waals surface area contributed by atoms with Gasteiger partial charge in [-0.05, 0) is 48.8 Å². The lowest BCUT2D eigenvalue weighted by Gasteiger charge is -2.24. The molecule has 0 saturated carbocycles. The van der Waals surface area contributed by atoms with E-state index in [-0.39, 0.29) is 23.3 Å². The first-order chi connectivity index (χ1) is 10.2. The monoisotopic (exact) mass is 375 g/mol. The van der Waals surface area contributed by atoms with Crippen molar-refractivity contribution in [1.29, 1.82) is 0 Å². The zero-order chi connectivity index (χ0) is 16.5. The van der Waals surface area contributed by atoms with Gasteiger partial charge in [0.05, 0.1) is 17.6 Å². The molecule has 0 radical (unpaired) electrons. The Labute approximate surface area is 137 Å². The summed E-state index contributed by atoms with van der Waals surface area (Å²) in [6.45, 7) is 5.53. The van der Waals surface area contributed by atoms with Gasteiger partial charge in [-0.2, -0.15) is 0 Å². The van der Waals surface area contributed by atoms with Gasteiger partial charge in [-0.15, -0.1) is 0 Å². The summed E-state index contributed by atoms with van der Waals surface area (Å²) < 4.78 is 24.9. The fourth-order valence-corrected chi connectivity index (χ4v) is 2.43. The molecule has 1 N–H and O–H groups in total. The summed E-state index contributed by atoms with van der Waals surface area (Å²) in [5, 5.41) is 10.0. The van der Waals surface area contributed by atoms with Gasteiger partial charge in [-0.1, -0.05) is 6.07 Å². The summed E-state index contributed by atoms with van der Waals surface area (Å²) in [4.78, 5) is 13.3. The molecule has 0 aromatic heterocycles. The lowest BCUT2D eigenvalue weighted by molar-refractivity contribution is 0.0268. The van der Waals surface area contributed by atoms with Crippen molar-refractivity contribution < 1.29 is 23.8 Å². The third-order valence-corrected chi connectivity index (χ3v) is 3.70. The van der Waals surface area contributed by atoms with E-state index in [0.717, 1.165) is 0 Å². The van der Waals surface area contributed by atoms with Crippen molar-refractivity contribution in [3.05, 3.63) is 28.5 Å². The molecule has 2 atom stereocenters. The Bertz CT molecular complexity index is 561. The van der Waals surface area contributed by atoms with Crippen molar-refractivity contribution >= 4 is 22.0 Å². The molecule has 1 aromatic carbocycles. The summed E-state index contributed by atoms with van der Waals surface area (Å²) in [6.07, 6.45) is -2.12. The lowest BCUT2D eigenvalue weighted by Crippen LogP contribution is -2.36. The van der Waals surface area contributed by atoms with Crippen LogP contribution in [0.5, 0.6) is 5.75 Å². The number of halogens is 2. The number of rotatable bonds is 2. The number of likely N-dealkylation sites (tertiary alicyclic amines) is 1. The Kier molecular flexibility index (Phi) is 4.97. The summed E-state index contributed by atoms with van der Waals surface area (Å²) in [6, 6.07) is 4.67. The zero-order valence-electron chi connectivity index (χ0n) is 12.7. The summed E-state index contributed by atoms with van der Waals surface area (Å²) in [7, 11) is 0. The highest BCUT2D eigenvalue weighted by Gasteiger charge is 2.38. The lowest BCUT2D eigenvalue weighted by atomic mass is 10.2. The molecule has 7 heteroatoms. The van der Waals surface area contributed by atoms with E-state index < -0.39 is 29.7 Å². The quantitative estimate of drug-likeness (QED) is 0.863. The largest absolute Gasteiger partial charge is 0.483 e. The minimum absolute atomic E-state index is 0.0319. The van der Waals surface area contributed by atoms with Crippen LogP contribution in [0.25, 0.3) is 0 Å². The number of nitrogens with zero attached hydrogens (tertiary/aromatic N) is 1. The molecule has 1 aliphatic heterocycles. The number of hydrogen-bond donors (Lipinski definition) is 1. The van der Waals surface area contributed by atoms with Crippen LogP contribution in [-0.2, 0) is 4.74 Å². The van der Waals surface area contributed by atoms with Gasteiger partial charge in [0.15, 0.2) is 11.6 Å². The highest BCUT2D eigenvalue weighted by Crippen LogP contribution is 2.27. The smallest absolute Gasteiger partial charge is 0.410 e. The van der Waals surface area contributed by atoms with Gasteiger partial charge < -0.3 is 19.5 Å². The van der Waals surface area contributed by atoms with E-state index >= 15 is 0 Å². The molecule has 5 nitrogen and oxygen atoms in total. The summed E-state index contributed by atoms with van der Waals surface area (Å²) in [5.41, 5.74) is -0.614. The molecule has 0 spiro atoms. The van der Waals surface area contributed by atoms with E-state index in [1.165, 1.54) is 11.0 Å². The van der Waals surface area contributed by atoms with Gasteiger partial charge in [0.25, 0.3) is 0 Å². The molecule has 0 aliphatic carbocycles. The normalized spacial score (nSPS) is 21.8. The topological polar surface area (TPSA) is 59.0 Å². The molecule has 1 aliphatic rings. The molecule has 22 heavy (non-hydrogen) atoms. The number of carbonyl (C=O) groups excluding carboxylic acids is 1. The van der Waals surface area contributed by atoms with Crippen molar-refractivity contribution in [3.63, 3.8) is 0 Å². The number of amides is 1. The number of aliphatic hydroxyl groups excluding tert-OH is 1. The van der Waals surface area contributed by atoms with Crippen LogP contribution in [-0.4, -0.2) is 47.0 Å². The van der Waals surface area contributed by atoms with Crippen molar-refractivity contribution in [2.75, 3.05) is 13.1 Å². The maximum atomic E-state index is 13.9. The molecule has 1 amide bonds. The van der Waals surface area contributed by atoms with Gasteiger partial charge in [0.2, 0.25) is 0 Å². The van der Waals surface area contributed by atoms with Gasteiger partial charge in [-0.3, -0.25) is 0 Å². The molecular formula is C15H19BrFNO4. The Morgan fingerprint density at radius 3 is 2.73 bits per heavy atom. The molecule has 1 fully saturated rings. The van der Waals surface area contributed by atoms with Crippen molar-refractivity contribution in [2.24, 2.45) is 0 Å². The Hall–Kier alpha value is -1.34. The number of hydrogen-bond acceptors (Lipinski definition) is 4. The molecule has 1 heterocycles. The fraction of sp³-hybridized carbons (Fsp3) is 0.533. The van der Waals surface area contributed by atoms with Crippen molar-refractivity contribution in [1.82, 2.24) is 4.90 Å². The van der Waals surface area contributed by atoms with E-state index in [9.17, 15) is 14.3 Å². The van der Waals surface area contributed by atoms with Crippen LogP contribution in [0.2, 0.25) is 0 Å².